The van der Waals surface area contributed by atoms with Gasteiger partial charge in [-0.2, -0.15) is 0 Å². The van der Waals surface area contributed by atoms with Crippen LogP contribution in [0.5, 0.6) is 0 Å². The van der Waals surface area contributed by atoms with Crippen LogP contribution < -0.4 is 5.32 Å². The standard InChI is InChI=1S/C24H17FN6OS2/c25-19-11-5-4-10-18(19)22-29-30-24(31(22)17-8-2-1-3-9-17)34-15-21(32)28-23-27-20(14-33-23)16-7-6-12-26-13-16/h1-14H,15H2,(H,27,28,32). The van der Waals surface area contributed by atoms with Crippen LogP contribution in [0, 0.1) is 5.82 Å². The number of nitrogens with zero attached hydrogens (tertiary/aromatic N) is 5. The maximum Gasteiger partial charge on any atom is 0.236 e. The molecule has 3 aromatic heterocycles. The lowest BCUT2D eigenvalue weighted by Crippen LogP contribution is -2.14. The van der Waals surface area contributed by atoms with Crippen molar-refractivity contribution in [2.45, 2.75) is 5.16 Å². The molecule has 0 radical (unpaired) electrons. The summed E-state index contributed by atoms with van der Waals surface area (Å²) >= 11 is 2.56. The van der Waals surface area contributed by atoms with Crippen LogP contribution in [0.15, 0.2) is 89.7 Å². The van der Waals surface area contributed by atoms with E-state index in [-0.39, 0.29) is 11.7 Å². The first-order valence-corrected chi connectivity index (χ1v) is 12.1. The number of benzene rings is 2. The van der Waals surface area contributed by atoms with E-state index in [2.05, 4.69) is 25.5 Å². The molecule has 0 fully saturated rings. The Morgan fingerprint density at radius 1 is 1.03 bits per heavy atom. The average molecular weight is 489 g/mol. The summed E-state index contributed by atoms with van der Waals surface area (Å²) in [5.74, 6) is -0.167. The van der Waals surface area contributed by atoms with Crippen LogP contribution in [0.4, 0.5) is 9.52 Å². The van der Waals surface area contributed by atoms with Crippen molar-refractivity contribution in [2.75, 3.05) is 11.1 Å². The van der Waals surface area contributed by atoms with Gasteiger partial charge in [-0.25, -0.2) is 9.37 Å². The predicted molar refractivity (Wildman–Crippen MR) is 131 cm³/mol. The molecule has 0 aliphatic heterocycles. The van der Waals surface area contributed by atoms with Crippen LogP contribution in [-0.2, 0) is 4.79 Å². The van der Waals surface area contributed by atoms with Crippen molar-refractivity contribution in [1.82, 2.24) is 24.7 Å². The normalized spacial score (nSPS) is 10.9. The quantitative estimate of drug-likeness (QED) is 0.312. The highest BCUT2D eigenvalue weighted by Crippen LogP contribution is 2.30. The molecule has 0 atom stereocenters. The monoisotopic (exact) mass is 488 g/mol. The Labute approximate surface area is 202 Å². The van der Waals surface area contributed by atoms with Gasteiger partial charge >= 0.3 is 0 Å². The van der Waals surface area contributed by atoms with Gasteiger partial charge < -0.3 is 5.32 Å². The Hall–Kier alpha value is -3.89. The van der Waals surface area contributed by atoms with E-state index < -0.39 is 5.82 Å². The zero-order valence-corrected chi connectivity index (χ0v) is 19.3. The van der Waals surface area contributed by atoms with Gasteiger partial charge in [-0.1, -0.05) is 42.1 Å². The van der Waals surface area contributed by atoms with E-state index in [1.165, 1.54) is 29.2 Å². The first-order valence-electron chi connectivity index (χ1n) is 10.2. The molecule has 0 aliphatic rings. The van der Waals surface area contributed by atoms with Crippen molar-refractivity contribution in [1.29, 1.82) is 0 Å². The molecule has 168 valence electrons. The summed E-state index contributed by atoms with van der Waals surface area (Å²) in [5.41, 5.74) is 2.74. The molecule has 34 heavy (non-hydrogen) atoms. The van der Waals surface area contributed by atoms with Crippen molar-refractivity contribution in [3.8, 4) is 28.3 Å². The maximum atomic E-state index is 14.5. The molecule has 0 saturated heterocycles. The second-order valence-electron chi connectivity index (χ2n) is 7.07. The molecular weight excluding hydrogens is 471 g/mol. The number of halogens is 1. The van der Waals surface area contributed by atoms with Gasteiger partial charge in [-0.15, -0.1) is 21.5 Å². The number of pyridine rings is 1. The van der Waals surface area contributed by atoms with E-state index in [0.717, 1.165) is 16.9 Å². The molecular formula is C24H17FN6OS2. The van der Waals surface area contributed by atoms with Gasteiger partial charge in [0.05, 0.1) is 17.0 Å². The number of hydrogen-bond acceptors (Lipinski definition) is 7. The van der Waals surface area contributed by atoms with Gasteiger partial charge in [-0.3, -0.25) is 14.3 Å². The number of nitrogens with one attached hydrogen (secondary N) is 1. The molecule has 1 N–H and O–H groups in total. The zero-order chi connectivity index (χ0) is 23.3. The SMILES string of the molecule is O=C(CSc1nnc(-c2ccccc2F)n1-c1ccccc1)Nc1nc(-c2cccnc2)cs1. The molecule has 0 bridgehead atoms. The number of amides is 1. The fourth-order valence-electron chi connectivity index (χ4n) is 3.25. The highest BCUT2D eigenvalue weighted by Gasteiger charge is 2.19. The molecule has 5 aromatic rings. The van der Waals surface area contributed by atoms with Crippen LogP contribution in [0.25, 0.3) is 28.3 Å². The molecule has 2 aromatic carbocycles. The van der Waals surface area contributed by atoms with Crippen molar-refractivity contribution >= 4 is 34.1 Å². The Morgan fingerprint density at radius 3 is 2.65 bits per heavy atom. The van der Waals surface area contributed by atoms with Crippen LogP contribution >= 0.6 is 23.1 Å². The summed E-state index contributed by atoms with van der Waals surface area (Å²) in [6.07, 6.45) is 3.42. The topological polar surface area (TPSA) is 85.6 Å². The Balaban J connectivity index is 1.34. The number of thiazole rings is 1. The number of thioether (sulfide) groups is 1. The highest BCUT2D eigenvalue weighted by atomic mass is 32.2. The third kappa shape index (κ3) is 4.73. The molecule has 10 heteroatoms. The molecule has 0 unspecified atom stereocenters. The largest absolute Gasteiger partial charge is 0.301 e. The molecule has 0 saturated carbocycles. The number of carbonyl (C=O) groups is 1. The summed E-state index contributed by atoms with van der Waals surface area (Å²) in [6, 6.07) is 19.6. The van der Waals surface area contributed by atoms with Crippen LogP contribution in [-0.4, -0.2) is 36.4 Å². The molecule has 0 aliphatic carbocycles. The number of carbonyl (C=O) groups excluding carboxylic acids is 1. The van der Waals surface area contributed by atoms with Crippen LogP contribution in [0.3, 0.4) is 0 Å². The van der Waals surface area contributed by atoms with Crippen LogP contribution in [0.2, 0.25) is 0 Å². The van der Waals surface area contributed by atoms with Crippen LogP contribution in [0.1, 0.15) is 0 Å². The van der Waals surface area contributed by atoms with Crippen molar-refractivity contribution < 1.29 is 9.18 Å². The molecule has 0 spiro atoms. The minimum absolute atomic E-state index is 0.0873. The molecule has 5 rings (SSSR count). The first kappa shape index (κ1) is 21.9. The Morgan fingerprint density at radius 2 is 1.85 bits per heavy atom. The third-order valence-corrected chi connectivity index (χ3v) is 6.49. The summed E-state index contributed by atoms with van der Waals surface area (Å²) in [4.78, 5) is 21.2. The number of para-hydroxylation sites is 1. The van der Waals surface area contributed by atoms with Gasteiger partial charge in [0.1, 0.15) is 5.82 Å². The van der Waals surface area contributed by atoms with Crippen molar-refractivity contribution in [2.24, 2.45) is 0 Å². The van der Waals surface area contributed by atoms with E-state index >= 15 is 0 Å². The predicted octanol–water partition coefficient (Wildman–Crippen LogP) is 5.32. The highest BCUT2D eigenvalue weighted by molar-refractivity contribution is 7.99. The Kier molecular flexibility index (Phi) is 6.41. The van der Waals surface area contributed by atoms with Gasteiger partial charge in [0.25, 0.3) is 0 Å². The molecule has 3 heterocycles. The van der Waals surface area contributed by atoms with Gasteiger partial charge in [-0.05, 0) is 36.4 Å². The van der Waals surface area contributed by atoms with E-state index in [1.807, 2.05) is 47.8 Å². The van der Waals surface area contributed by atoms with Gasteiger partial charge in [0, 0.05) is 29.0 Å². The fourth-order valence-corrected chi connectivity index (χ4v) is 4.74. The second-order valence-corrected chi connectivity index (χ2v) is 8.87. The van der Waals surface area contributed by atoms with E-state index in [0.29, 0.717) is 21.7 Å². The summed E-state index contributed by atoms with van der Waals surface area (Å²) < 4.78 is 16.2. The van der Waals surface area contributed by atoms with E-state index in [1.54, 1.807) is 35.2 Å². The third-order valence-electron chi connectivity index (χ3n) is 4.80. The number of aromatic nitrogens is 5. The first-order chi connectivity index (χ1) is 16.7. The summed E-state index contributed by atoms with van der Waals surface area (Å²) in [6.45, 7) is 0. The minimum atomic E-state index is -0.394. The minimum Gasteiger partial charge on any atom is -0.301 e. The Bertz CT molecular complexity index is 1420. The van der Waals surface area contributed by atoms with E-state index in [9.17, 15) is 9.18 Å². The smallest absolute Gasteiger partial charge is 0.236 e. The second kappa shape index (κ2) is 9.94. The van der Waals surface area contributed by atoms with Gasteiger partial charge in [0.2, 0.25) is 5.91 Å². The molecule has 7 nitrogen and oxygen atoms in total. The number of rotatable bonds is 7. The summed E-state index contributed by atoms with van der Waals surface area (Å²) in [5, 5.41) is 14.1. The zero-order valence-electron chi connectivity index (χ0n) is 17.6. The number of anilines is 1. The molecule has 1 amide bonds. The van der Waals surface area contributed by atoms with Crippen molar-refractivity contribution in [3.05, 3.63) is 90.3 Å². The fraction of sp³-hybridized carbons (Fsp3) is 0.0417. The lowest BCUT2D eigenvalue weighted by molar-refractivity contribution is -0.113. The summed E-state index contributed by atoms with van der Waals surface area (Å²) in [7, 11) is 0. The van der Waals surface area contributed by atoms with Crippen molar-refractivity contribution in [3.63, 3.8) is 0 Å². The van der Waals surface area contributed by atoms with Gasteiger partial charge in [0.15, 0.2) is 16.1 Å². The van der Waals surface area contributed by atoms with E-state index in [4.69, 9.17) is 0 Å². The number of hydrogen-bond donors (Lipinski definition) is 1. The maximum absolute atomic E-state index is 14.5. The lowest BCUT2D eigenvalue weighted by Gasteiger charge is -2.10. The average Bonchev–Trinajstić information content (AvgIpc) is 3.51. The lowest BCUT2D eigenvalue weighted by atomic mass is 10.2.